The van der Waals surface area contributed by atoms with Crippen LogP contribution in [-0.4, -0.2) is 83.9 Å². The van der Waals surface area contributed by atoms with E-state index in [1.807, 2.05) is 4.90 Å². The fourth-order valence-electron chi connectivity index (χ4n) is 4.08. The lowest BCUT2D eigenvalue weighted by Crippen LogP contribution is -2.44. The maximum Gasteiger partial charge on any atom is 0.277 e. The molecule has 0 radical (unpaired) electrons. The van der Waals surface area contributed by atoms with E-state index in [0.717, 1.165) is 39.0 Å². The third kappa shape index (κ3) is 3.88. The Labute approximate surface area is 168 Å². The van der Waals surface area contributed by atoms with Gasteiger partial charge in [0.15, 0.2) is 0 Å². The number of benzene rings is 1. The number of hydrogen-bond acceptors (Lipinski definition) is 7. The highest BCUT2D eigenvalue weighted by Gasteiger charge is 2.42. The van der Waals surface area contributed by atoms with Crippen molar-refractivity contribution in [1.82, 2.24) is 14.7 Å². The molecule has 4 rings (SSSR count). The summed E-state index contributed by atoms with van der Waals surface area (Å²) < 4.78 is 5.35. The van der Waals surface area contributed by atoms with E-state index >= 15 is 0 Å². The number of ether oxygens (including phenoxy) is 1. The average molecular weight is 400 g/mol. The molecule has 2 amide bonds. The van der Waals surface area contributed by atoms with Crippen molar-refractivity contribution >= 4 is 23.1 Å². The second-order valence-corrected chi connectivity index (χ2v) is 7.44. The van der Waals surface area contributed by atoms with Crippen LogP contribution in [0.5, 0.6) is 0 Å². The number of nitro groups is 1. The third-order valence-corrected chi connectivity index (χ3v) is 5.68. The molecule has 0 atom stereocenters. The topological polar surface area (TPSA) is 96.2 Å². The molecule has 3 heterocycles. The van der Waals surface area contributed by atoms with E-state index in [4.69, 9.17) is 4.74 Å². The zero-order valence-electron chi connectivity index (χ0n) is 16.2. The number of likely N-dealkylation sites (tertiary alicyclic amines) is 1. The van der Waals surface area contributed by atoms with E-state index in [9.17, 15) is 19.7 Å². The molecule has 0 bridgehead atoms. The Morgan fingerprint density at radius 1 is 0.931 bits per heavy atom. The van der Waals surface area contributed by atoms with Crippen molar-refractivity contribution in [2.24, 2.45) is 0 Å². The number of amides is 2. The van der Waals surface area contributed by atoms with E-state index in [2.05, 4.69) is 4.90 Å². The number of nitrogens with zero attached hydrogens (tertiary/aromatic N) is 4. The van der Waals surface area contributed by atoms with E-state index in [0.29, 0.717) is 43.1 Å². The Balaban J connectivity index is 1.60. The largest absolute Gasteiger partial charge is 0.379 e. The van der Waals surface area contributed by atoms with Crippen LogP contribution in [0.4, 0.5) is 5.69 Å². The Kier molecular flexibility index (Phi) is 5.59. The molecule has 0 unspecified atom stereocenters. The summed E-state index contributed by atoms with van der Waals surface area (Å²) in [4.78, 5) is 42.4. The highest BCUT2D eigenvalue weighted by molar-refractivity contribution is 6.35. The van der Waals surface area contributed by atoms with Crippen molar-refractivity contribution in [3.8, 4) is 0 Å². The van der Waals surface area contributed by atoms with E-state index < -0.39 is 4.92 Å². The van der Waals surface area contributed by atoms with E-state index in [-0.39, 0.29) is 17.5 Å². The number of carbonyl (C=O) groups excluding carboxylic acids is 2. The van der Waals surface area contributed by atoms with Crippen molar-refractivity contribution in [1.29, 1.82) is 0 Å². The normalized spacial score (nSPS) is 20.8. The van der Waals surface area contributed by atoms with Gasteiger partial charge in [-0.2, -0.15) is 0 Å². The van der Waals surface area contributed by atoms with Gasteiger partial charge < -0.3 is 9.64 Å². The van der Waals surface area contributed by atoms with Gasteiger partial charge in [0.1, 0.15) is 5.70 Å². The van der Waals surface area contributed by atoms with Gasteiger partial charge >= 0.3 is 0 Å². The summed E-state index contributed by atoms with van der Waals surface area (Å²) in [6.07, 6.45) is 1.96. The highest BCUT2D eigenvalue weighted by atomic mass is 16.6. The number of rotatable bonds is 6. The highest BCUT2D eigenvalue weighted by Crippen LogP contribution is 2.34. The fourth-order valence-corrected chi connectivity index (χ4v) is 4.08. The molecule has 9 nitrogen and oxygen atoms in total. The summed E-state index contributed by atoms with van der Waals surface area (Å²) in [5.74, 6) is -0.586. The Hall–Kier alpha value is -2.78. The lowest BCUT2D eigenvalue weighted by atomic mass is 10.0. The Morgan fingerprint density at radius 2 is 1.59 bits per heavy atom. The van der Waals surface area contributed by atoms with Gasteiger partial charge in [0.2, 0.25) is 0 Å². The first-order valence-electron chi connectivity index (χ1n) is 9.96. The summed E-state index contributed by atoms with van der Waals surface area (Å²) in [6.45, 7) is 5.31. The first-order chi connectivity index (χ1) is 14.1. The van der Waals surface area contributed by atoms with Crippen LogP contribution in [0.2, 0.25) is 0 Å². The minimum atomic E-state index is -0.476. The molecule has 2 saturated heterocycles. The predicted molar refractivity (Wildman–Crippen MR) is 105 cm³/mol. The maximum atomic E-state index is 13.2. The fraction of sp³-hybridized carbons (Fsp3) is 0.500. The van der Waals surface area contributed by atoms with Crippen molar-refractivity contribution in [2.75, 3.05) is 52.5 Å². The number of carbonyl (C=O) groups is 2. The maximum absolute atomic E-state index is 13.2. The summed E-state index contributed by atoms with van der Waals surface area (Å²) in [5.41, 5.74) is 1.29. The predicted octanol–water partition coefficient (Wildman–Crippen LogP) is 1.10. The Morgan fingerprint density at radius 3 is 2.21 bits per heavy atom. The molecule has 2 fully saturated rings. The van der Waals surface area contributed by atoms with Crippen LogP contribution in [0.15, 0.2) is 30.0 Å². The summed E-state index contributed by atoms with van der Waals surface area (Å²) in [6, 6.07) is 5.86. The minimum Gasteiger partial charge on any atom is -0.379 e. The number of imide groups is 1. The number of non-ortho nitro benzene ring substituents is 1. The SMILES string of the molecule is O=C1C(c2ccc([N+](=O)[O-])cc2)=C(N2CCCC2)C(=O)N1CCN1CCOCC1. The molecule has 0 aliphatic carbocycles. The van der Waals surface area contributed by atoms with Crippen LogP contribution in [0.1, 0.15) is 18.4 Å². The van der Waals surface area contributed by atoms with Crippen LogP contribution >= 0.6 is 0 Å². The zero-order chi connectivity index (χ0) is 20.4. The molecule has 154 valence electrons. The number of hydrogen-bond donors (Lipinski definition) is 0. The molecule has 0 saturated carbocycles. The summed E-state index contributed by atoms with van der Waals surface area (Å²) in [5, 5.41) is 11.0. The molecule has 29 heavy (non-hydrogen) atoms. The third-order valence-electron chi connectivity index (χ3n) is 5.68. The standard InChI is InChI=1S/C20H24N4O5/c25-19-17(15-3-5-16(6-4-15)24(27)28)18(22-7-1-2-8-22)20(26)23(19)10-9-21-11-13-29-14-12-21/h3-6H,1-2,7-14H2. The van der Waals surface area contributed by atoms with E-state index in [1.165, 1.54) is 17.0 Å². The first kappa shape index (κ1) is 19.5. The van der Waals surface area contributed by atoms with Gasteiger partial charge in [-0.05, 0) is 30.5 Å². The van der Waals surface area contributed by atoms with Crippen LogP contribution in [0, 0.1) is 10.1 Å². The summed E-state index contributed by atoms with van der Waals surface area (Å²) in [7, 11) is 0. The molecule has 3 aliphatic heterocycles. The molecule has 0 aromatic heterocycles. The van der Waals surface area contributed by atoms with Crippen LogP contribution in [-0.2, 0) is 14.3 Å². The van der Waals surface area contributed by atoms with Crippen LogP contribution < -0.4 is 0 Å². The smallest absolute Gasteiger partial charge is 0.277 e. The minimum absolute atomic E-state index is 0.0435. The second-order valence-electron chi connectivity index (χ2n) is 7.44. The molecule has 3 aliphatic rings. The van der Waals surface area contributed by atoms with Gasteiger partial charge in [0, 0.05) is 51.4 Å². The van der Waals surface area contributed by atoms with Gasteiger partial charge in [0.05, 0.1) is 23.7 Å². The van der Waals surface area contributed by atoms with Crippen LogP contribution in [0.25, 0.3) is 5.57 Å². The molecule has 9 heteroatoms. The molecular weight excluding hydrogens is 376 g/mol. The number of nitro benzene ring substituents is 1. The van der Waals surface area contributed by atoms with E-state index in [1.54, 1.807) is 12.1 Å². The van der Waals surface area contributed by atoms with Crippen molar-refractivity contribution in [2.45, 2.75) is 12.8 Å². The Bertz CT molecular complexity index is 839. The second kappa shape index (κ2) is 8.30. The molecule has 0 spiro atoms. The van der Waals surface area contributed by atoms with Gasteiger partial charge in [-0.3, -0.25) is 29.5 Å². The summed E-state index contributed by atoms with van der Waals surface area (Å²) >= 11 is 0. The van der Waals surface area contributed by atoms with Gasteiger partial charge in [0.25, 0.3) is 17.5 Å². The molecule has 1 aromatic rings. The molecule has 0 N–H and O–H groups in total. The van der Waals surface area contributed by atoms with Crippen molar-refractivity contribution in [3.63, 3.8) is 0 Å². The van der Waals surface area contributed by atoms with Gasteiger partial charge in [-0.15, -0.1) is 0 Å². The monoisotopic (exact) mass is 400 g/mol. The molecule has 1 aromatic carbocycles. The average Bonchev–Trinajstić information content (AvgIpc) is 3.34. The lowest BCUT2D eigenvalue weighted by Gasteiger charge is -2.28. The van der Waals surface area contributed by atoms with Crippen LogP contribution in [0.3, 0.4) is 0 Å². The van der Waals surface area contributed by atoms with Crippen molar-refractivity contribution < 1.29 is 19.2 Å². The van der Waals surface area contributed by atoms with Gasteiger partial charge in [-0.25, -0.2) is 0 Å². The van der Waals surface area contributed by atoms with Gasteiger partial charge in [-0.1, -0.05) is 0 Å². The number of morpholine rings is 1. The quantitative estimate of drug-likeness (QED) is 0.401. The first-order valence-corrected chi connectivity index (χ1v) is 9.96. The zero-order valence-corrected chi connectivity index (χ0v) is 16.2. The molecular formula is C20H24N4O5. The lowest BCUT2D eigenvalue weighted by molar-refractivity contribution is -0.384. The van der Waals surface area contributed by atoms with Crippen molar-refractivity contribution in [3.05, 3.63) is 45.6 Å².